The minimum absolute atomic E-state index is 1.17. The number of rotatable bonds is 5. The summed E-state index contributed by atoms with van der Waals surface area (Å²) in [5.74, 6) is 0. The van der Waals surface area contributed by atoms with Crippen LogP contribution in [0.5, 0.6) is 0 Å². The van der Waals surface area contributed by atoms with E-state index in [2.05, 4.69) is 192 Å². The third-order valence-electron chi connectivity index (χ3n) is 9.60. The van der Waals surface area contributed by atoms with Gasteiger partial charge in [-0.05, 0) is 86.9 Å². The molecule has 0 N–H and O–H groups in total. The van der Waals surface area contributed by atoms with E-state index in [4.69, 9.17) is 0 Å². The molecule has 0 saturated heterocycles. The van der Waals surface area contributed by atoms with Crippen molar-refractivity contribution in [1.82, 2.24) is 4.57 Å². The van der Waals surface area contributed by atoms with Gasteiger partial charge in [-0.3, -0.25) is 0 Å². The molecular weight excluding hydrogens is 569 g/mol. The van der Waals surface area contributed by atoms with Crippen LogP contribution in [0.4, 0.5) is 11.4 Å². The van der Waals surface area contributed by atoms with Crippen LogP contribution in [0.2, 0.25) is 0 Å². The van der Waals surface area contributed by atoms with E-state index in [1.807, 2.05) is 0 Å². The first-order valence-electron chi connectivity index (χ1n) is 16.2. The van der Waals surface area contributed by atoms with Crippen molar-refractivity contribution in [2.24, 2.45) is 0 Å². The fourth-order valence-electron chi connectivity index (χ4n) is 7.24. The Balaban J connectivity index is 1.17. The molecule has 0 atom stereocenters. The van der Waals surface area contributed by atoms with Crippen LogP contribution in [-0.4, -0.2) is 11.6 Å². The third kappa shape index (κ3) is 4.49. The summed E-state index contributed by atoms with van der Waals surface area (Å²) in [5, 5.41) is 7.70. The Hall–Kier alpha value is -6.12. The molecule has 1 aromatic heterocycles. The van der Waals surface area contributed by atoms with Crippen LogP contribution in [0.15, 0.2) is 176 Å². The summed E-state index contributed by atoms with van der Waals surface area (Å²) >= 11 is 0. The maximum Gasteiger partial charge on any atom is 0.0625 e. The summed E-state index contributed by atoms with van der Waals surface area (Å²) in [7, 11) is 2.11. The minimum Gasteiger partial charge on any atom is -0.345 e. The van der Waals surface area contributed by atoms with Crippen molar-refractivity contribution < 1.29 is 0 Å². The molecule has 0 fully saturated rings. The fourth-order valence-corrected chi connectivity index (χ4v) is 7.24. The van der Waals surface area contributed by atoms with Crippen molar-refractivity contribution in [2.75, 3.05) is 11.9 Å². The molecule has 9 rings (SSSR count). The van der Waals surface area contributed by atoms with Gasteiger partial charge in [0.1, 0.15) is 0 Å². The van der Waals surface area contributed by atoms with Gasteiger partial charge in [-0.1, -0.05) is 127 Å². The second-order valence-corrected chi connectivity index (χ2v) is 12.2. The van der Waals surface area contributed by atoms with Gasteiger partial charge < -0.3 is 9.47 Å². The van der Waals surface area contributed by atoms with Gasteiger partial charge in [-0.25, -0.2) is 0 Å². The molecule has 0 radical (unpaired) electrons. The van der Waals surface area contributed by atoms with Gasteiger partial charge in [0, 0.05) is 40.3 Å². The minimum atomic E-state index is 1.17. The second kappa shape index (κ2) is 11.0. The zero-order valence-corrected chi connectivity index (χ0v) is 26.1. The van der Waals surface area contributed by atoms with Crippen LogP contribution in [0, 0.1) is 0 Å². The largest absolute Gasteiger partial charge is 0.345 e. The number of nitrogens with zero attached hydrogens (tertiary/aromatic N) is 2. The van der Waals surface area contributed by atoms with E-state index in [0.29, 0.717) is 0 Å². The summed E-state index contributed by atoms with van der Waals surface area (Å²) in [6.07, 6.45) is 0. The molecular formula is C45H32N2. The molecule has 8 aromatic carbocycles. The number of para-hydroxylation sites is 2. The molecule has 0 aliphatic rings. The van der Waals surface area contributed by atoms with E-state index in [9.17, 15) is 0 Å². The highest BCUT2D eigenvalue weighted by Crippen LogP contribution is 2.43. The predicted molar refractivity (Wildman–Crippen MR) is 201 cm³/mol. The van der Waals surface area contributed by atoms with Crippen molar-refractivity contribution in [3.05, 3.63) is 176 Å². The zero-order chi connectivity index (χ0) is 31.3. The lowest BCUT2D eigenvalue weighted by molar-refractivity contribution is 1.19. The second-order valence-electron chi connectivity index (χ2n) is 12.2. The van der Waals surface area contributed by atoms with Crippen LogP contribution in [0.3, 0.4) is 0 Å². The van der Waals surface area contributed by atoms with E-state index in [0.717, 1.165) is 0 Å². The molecule has 0 aliphatic heterocycles. The fraction of sp³-hybridized carbons (Fsp3) is 0.0222. The lowest BCUT2D eigenvalue weighted by atomic mass is 9.95. The Morgan fingerprint density at radius 1 is 0.383 bits per heavy atom. The molecule has 0 amide bonds. The Labute approximate surface area is 274 Å². The quantitative estimate of drug-likeness (QED) is 0.178. The molecule has 0 aliphatic carbocycles. The van der Waals surface area contributed by atoms with Crippen molar-refractivity contribution in [1.29, 1.82) is 0 Å². The summed E-state index contributed by atoms with van der Waals surface area (Å²) in [6.45, 7) is 0. The van der Waals surface area contributed by atoms with Crippen LogP contribution < -0.4 is 4.90 Å². The monoisotopic (exact) mass is 600 g/mol. The topological polar surface area (TPSA) is 8.17 Å². The predicted octanol–water partition coefficient (Wildman–Crippen LogP) is 12.2. The number of fused-ring (bicyclic) bond motifs is 8. The van der Waals surface area contributed by atoms with Crippen LogP contribution in [-0.2, 0) is 0 Å². The summed E-state index contributed by atoms with van der Waals surface area (Å²) in [4.78, 5) is 2.21. The molecule has 1 heterocycles. The summed E-state index contributed by atoms with van der Waals surface area (Å²) in [6, 6.07) is 63.7. The average Bonchev–Trinajstić information content (AvgIpc) is 3.50. The first-order chi connectivity index (χ1) is 23.2. The van der Waals surface area contributed by atoms with Gasteiger partial charge in [-0.15, -0.1) is 0 Å². The Morgan fingerprint density at radius 3 is 1.51 bits per heavy atom. The van der Waals surface area contributed by atoms with Gasteiger partial charge in [0.25, 0.3) is 0 Å². The highest BCUT2D eigenvalue weighted by Gasteiger charge is 2.19. The number of hydrogen-bond acceptors (Lipinski definition) is 1. The van der Waals surface area contributed by atoms with E-state index >= 15 is 0 Å². The molecule has 0 bridgehead atoms. The highest BCUT2D eigenvalue weighted by atomic mass is 15.1. The molecule has 47 heavy (non-hydrogen) atoms. The third-order valence-corrected chi connectivity index (χ3v) is 9.60. The number of anilines is 2. The first kappa shape index (κ1) is 27.2. The molecule has 2 nitrogen and oxygen atoms in total. The molecule has 0 saturated carbocycles. The van der Waals surface area contributed by atoms with Crippen LogP contribution >= 0.6 is 0 Å². The van der Waals surface area contributed by atoms with Gasteiger partial charge >= 0.3 is 0 Å². The number of hydrogen-bond donors (Lipinski definition) is 0. The first-order valence-corrected chi connectivity index (χ1v) is 16.2. The van der Waals surface area contributed by atoms with E-state index < -0.39 is 0 Å². The molecule has 9 aromatic rings. The Morgan fingerprint density at radius 2 is 0.851 bits per heavy atom. The van der Waals surface area contributed by atoms with Gasteiger partial charge in [0.05, 0.1) is 11.0 Å². The van der Waals surface area contributed by atoms with Crippen LogP contribution in [0.25, 0.3) is 71.3 Å². The van der Waals surface area contributed by atoms with Gasteiger partial charge in [0.2, 0.25) is 0 Å². The zero-order valence-electron chi connectivity index (χ0n) is 26.1. The highest BCUT2D eigenvalue weighted by molar-refractivity contribution is 6.32. The van der Waals surface area contributed by atoms with E-state index in [1.54, 1.807) is 0 Å². The van der Waals surface area contributed by atoms with E-state index in [-0.39, 0.29) is 0 Å². The van der Waals surface area contributed by atoms with Gasteiger partial charge in [0.15, 0.2) is 0 Å². The smallest absolute Gasteiger partial charge is 0.0625 e. The van der Waals surface area contributed by atoms with Crippen molar-refractivity contribution >= 4 is 54.7 Å². The lowest BCUT2D eigenvalue weighted by Crippen LogP contribution is -2.08. The number of aromatic nitrogens is 1. The summed E-state index contributed by atoms with van der Waals surface area (Å²) in [5.41, 5.74) is 10.8. The maximum absolute atomic E-state index is 2.45. The van der Waals surface area contributed by atoms with Crippen molar-refractivity contribution in [2.45, 2.75) is 0 Å². The molecule has 2 heteroatoms. The molecule has 0 spiro atoms. The normalized spacial score (nSPS) is 11.5. The van der Waals surface area contributed by atoms with Crippen LogP contribution in [0.1, 0.15) is 0 Å². The van der Waals surface area contributed by atoms with E-state index in [1.165, 1.54) is 82.7 Å². The Kier molecular flexibility index (Phi) is 6.39. The standard InChI is InChI=1S/C45H32N2/c1-46(35-12-4-2-5-13-35)36-27-24-32(25-28-36)31-20-22-33(23-21-31)34-26-29-43-42(30-34)44-40-18-10-8-16-38(40)39-17-9-11-19-41(39)45(44)47(43)37-14-6-3-7-15-37/h2-30H,1H3. The van der Waals surface area contributed by atoms with Crippen molar-refractivity contribution in [3.63, 3.8) is 0 Å². The molecule has 222 valence electrons. The molecule has 0 unspecified atom stereocenters. The Bertz CT molecular complexity index is 2540. The SMILES string of the molecule is CN(c1ccccc1)c1ccc(-c2ccc(-c3ccc4c(c3)c3c5ccccc5c5ccccc5c3n4-c3ccccc3)cc2)cc1. The lowest BCUT2D eigenvalue weighted by Gasteiger charge is -2.19. The maximum atomic E-state index is 2.45. The summed E-state index contributed by atoms with van der Waals surface area (Å²) < 4.78 is 2.45. The number of benzene rings is 8. The van der Waals surface area contributed by atoms with Crippen molar-refractivity contribution in [3.8, 4) is 27.9 Å². The average molecular weight is 601 g/mol. The van der Waals surface area contributed by atoms with Gasteiger partial charge in [-0.2, -0.15) is 0 Å².